The fourth-order valence-corrected chi connectivity index (χ4v) is 4.97. The van der Waals surface area contributed by atoms with Gasteiger partial charge in [0.1, 0.15) is 11.5 Å². The SMILES string of the molecule is O=P(Oc1ccccc1)(Oc1ccccc1)N1CCCc2ccccc21. The van der Waals surface area contributed by atoms with Crippen LogP contribution in [0.1, 0.15) is 12.0 Å². The normalized spacial score (nSPS) is 13.8. The quantitative estimate of drug-likeness (QED) is 0.543. The standard InChI is InChI=1S/C21H20NO3P/c23-26(24-19-12-3-1-4-13-19,25-20-14-5-2-6-15-20)22-17-9-11-18-10-7-8-16-21(18)22/h1-8,10,12-16H,9,11,17H2. The van der Waals surface area contributed by atoms with Crippen LogP contribution in [-0.2, 0) is 11.0 Å². The monoisotopic (exact) mass is 365 g/mol. The van der Waals surface area contributed by atoms with Crippen molar-refractivity contribution in [1.29, 1.82) is 0 Å². The van der Waals surface area contributed by atoms with Crippen molar-refractivity contribution in [3.8, 4) is 11.5 Å². The maximum atomic E-state index is 14.0. The molecule has 0 spiro atoms. The predicted molar refractivity (Wildman–Crippen MR) is 104 cm³/mol. The van der Waals surface area contributed by atoms with Gasteiger partial charge in [0.05, 0.1) is 5.69 Å². The van der Waals surface area contributed by atoms with E-state index in [0.29, 0.717) is 18.0 Å². The molecule has 132 valence electrons. The van der Waals surface area contributed by atoms with E-state index in [4.69, 9.17) is 9.05 Å². The summed E-state index contributed by atoms with van der Waals surface area (Å²) < 4.78 is 27.7. The van der Waals surface area contributed by atoms with Gasteiger partial charge < -0.3 is 9.05 Å². The number of benzene rings is 3. The molecule has 3 aromatic rings. The van der Waals surface area contributed by atoms with E-state index in [1.807, 2.05) is 54.6 Å². The Morgan fingerprint density at radius 2 is 1.27 bits per heavy atom. The van der Waals surface area contributed by atoms with Crippen molar-refractivity contribution < 1.29 is 13.6 Å². The fraction of sp³-hybridized carbons (Fsp3) is 0.143. The Labute approximate surface area is 153 Å². The minimum absolute atomic E-state index is 0.523. The van der Waals surface area contributed by atoms with Crippen molar-refractivity contribution in [2.45, 2.75) is 12.8 Å². The summed E-state index contributed by atoms with van der Waals surface area (Å²) in [6.45, 7) is 0.619. The minimum atomic E-state index is -3.64. The van der Waals surface area contributed by atoms with Crippen molar-refractivity contribution in [2.75, 3.05) is 11.2 Å². The third kappa shape index (κ3) is 3.47. The molecule has 0 amide bonds. The van der Waals surface area contributed by atoms with Crippen LogP contribution < -0.4 is 13.7 Å². The zero-order valence-electron chi connectivity index (χ0n) is 14.3. The molecule has 0 aromatic heterocycles. The molecule has 0 bridgehead atoms. The largest absolute Gasteiger partial charge is 0.544 e. The first-order chi connectivity index (χ1) is 12.7. The molecular formula is C21H20NO3P. The summed E-state index contributed by atoms with van der Waals surface area (Å²) in [6.07, 6.45) is 1.86. The van der Waals surface area contributed by atoms with E-state index in [-0.39, 0.29) is 0 Å². The summed E-state index contributed by atoms with van der Waals surface area (Å²) in [5.41, 5.74) is 2.07. The number of aryl methyl sites for hydroxylation is 1. The molecule has 1 aliphatic heterocycles. The van der Waals surface area contributed by atoms with Gasteiger partial charge in [0, 0.05) is 6.54 Å². The molecule has 0 atom stereocenters. The van der Waals surface area contributed by atoms with Crippen molar-refractivity contribution in [1.82, 2.24) is 0 Å². The third-order valence-corrected chi connectivity index (χ3v) is 6.20. The molecular weight excluding hydrogens is 345 g/mol. The van der Waals surface area contributed by atoms with E-state index < -0.39 is 7.75 Å². The first-order valence-corrected chi connectivity index (χ1v) is 10.2. The number of fused-ring (bicyclic) bond motifs is 1. The van der Waals surface area contributed by atoms with Crippen LogP contribution in [0.2, 0.25) is 0 Å². The first kappa shape index (κ1) is 16.7. The summed E-state index contributed by atoms with van der Waals surface area (Å²) in [5.74, 6) is 1.05. The van der Waals surface area contributed by atoms with Crippen LogP contribution in [0.25, 0.3) is 0 Å². The van der Waals surface area contributed by atoms with E-state index in [9.17, 15) is 4.57 Å². The number of para-hydroxylation sites is 3. The molecule has 0 radical (unpaired) electrons. The zero-order chi connectivity index (χ0) is 17.8. The van der Waals surface area contributed by atoms with Gasteiger partial charge in [0.2, 0.25) is 0 Å². The molecule has 4 nitrogen and oxygen atoms in total. The Hall–Kier alpha value is -2.71. The summed E-state index contributed by atoms with van der Waals surface area (Å²) in [7, 11) is -3.64. The summed E-state index contributed by atoms with van der Waals surface area (Å²) in [5, 5.41) is 0. The molecule has 3 aromatic carbocycles. The van der Waals surface area contributed by atoms with Gasteiger partial charge in [-0.1, -0.05) is 54.6 Å². The number of rotatable bonds is 5. The lowest BCUT2D eigenvalue weighted by Crippen LogP contribution is -2.30. The molecule has 1 aliphatic rings. The van der Waals surface area contributed by atoms with Crippen molar-refractivity contribution in [3.63, 3.8) is 0 Å². The lowest BCUT2D eigenvalue weighted by Gasteiger charge is -2.35. The highest BCUT2D eigenvalue weighted by atomic mass is 31.2. The molecule has 5 heteroatoms. The van der Waals surface area contributed by atoms with Gasteiger partial charge in [-0.05, 0) is 48.7 Å². The highest BCUT2D eigenvalue weighted by Gasteiger charge is 2.40. The molecule has 4 rings (SSSR count). The lowest BCUT2D eigenvalue weighted by atomic mass is 10.0. The van der Waals surface area contributed by atoms with E-state index in [1.165, 1.54) is 0 Å². The van der Waals surface area contributed by atoms with Crippen LogP contribution >= 0.6 is 7.75 Å². The van der Waals surface area contributed by atoms with Gasteiger partial charge in [-0.15, -0.1) is 0 Å². The Kier molecular flexibility index (Phi) is 4.68. The highest BCUT2D eigenvalue weighted by molar-refractivity contribution is 7.56. The smallest absolute Gasteiger partial charge is 0.400 e. The third-order valence-electron chi connectivity index (χ3n) is 4.31. The fourth-order valence-electron chi connectivity index (χ4n) is 3.11. The Morgan fingerprint density at radius 3 is 1.88 bits per heavy atom. The van der Waals surface area contributed by atoms with Gasteiger partial charge >= 0.3 is 7.75 Å². The maximum absolute atomic E-state index is 14.0. The molecule has 0 N–H and O–H groups in total. The van der Waals surface area contributed by atoms with E-state index in [1.54, 1.807) is 28.9 Å². The summed E-state index contributed by atoms with van der Waals surface area (Å²) in [4.78, 5) is 0. The number of nitrogens with zero attached hydrogens (tertiary/aromatic N) is 1. The second kappa shape index (κ2) is 7.27. The van der Waals surface area contributed by atoms with Crippen LogP contribution in [0.4, 0.5) is 5.69 Å². The molecule has 0 aliphatic carbocycles. The Bertz CT molecular complexity index is 869. The van der Waals surface area contributed by atoms with Gasteiger partial charge in [-0.2, -0.15) is 0 Å². The molecule has 0 saturated heterocycles. The van der Waals surface area contributed by atoms with Crippen molar-refractivity contribution >= 4 is 13.4 Å². The number of hydrogen-bond acceptors (Lipinski definition) is 3. The van der Waals surface area contributed by atoms with Crippen LogP contribution in [0.3, 0.4) is 0 Å². The average molecular weight is 365 g/mol. The van der Waals surface area contributed by atoms with Gasteiger partial charge in [-0.3, -0.25) is 4.67 Å². The summed E-state index contributed by atoms with van der Waals surface area (Å²) in [6, 6.07) is 26.4. The van der Waals surface area contributed by atoms with E-state index in [2.05, 4.69) is 6.07 Å². The van der Waals surface area contributed by atoms with E-state index >= 15 is 0 Å². The van der Waals surface area contributed by atoms with E-state index in [0.717, 1.165) is 24.1 Å². The zero-order valence-corrected chi connectivity index (χ0v) is 15.2. The molecule has 26 heavy (non-hydrogen) atoms. The van der Waals surface area contributed by atoms with Crippen LogP contribution in [-0.4, -0.2) is 6.54 Å². The molecule has 0 saturated carbocycles. The predicted octanol–water partition coefficient (Wildman–Crippen LogP) is 5.71. The Balaban J connectivity index is 1.74. The van der Waals surface area contributed by atoms with Crippen LogP contribution in [0, 0.1) is 0 Å². The lowest BCUT2D eigenvalue weighted by molar-refractivity contribution is 0.379. The van der Waals surface area contributed by atoms with Crippen LogP contribution in [0.5, 0.6) is 11.5 Å². The van der Waals surface area contributed by atoms with Gasteiger partial charge in [0.15, 0.2) is 0 Å². The highest BCUT2D eigenvalue weighted by Crippen LogP contribution is 2.55. The Morgan fingerprint density at radius 1 is 0.731 bits per heavy atom. The second-order valence-corrected chi connectivity index (χ2v) is 7.92. The number of hydrogen-bond donors (Lipinski definition) is 0. The van der Waals surface area contributed by atoms with Crippen LogP contribution in [0.15, 0.2) is 84.9 Å². The molecule has 0 fully saturated rings. The molecule has 0 unspecified atom stereocenters. The van der Waals surface area contributed by atoms with Gasteiger partial charge in [0.25, 0.3) is 0 Å². The van der Waals surface area contributed by atoms with Crippen molar-refractivity contribution in [2.24, 2.45) is 0 Å². The van der Waals surface area contributed by atoms with Gasteiger partial charge in [-0.25, -0.2) is 4.57 Å². The van der Waals surface area contributed by atoms with Crippen molar-refractivity contribution in [3.05, 3.63) is 90.5 Å². The summed E-state index contributed by atoms with van der Waals surface area (Å²) >= 11 is 0. The minimum Gasteiger partial charge on any atom is -0.400 e. The number of anilines is 1. The molecule has 1 heterocycles. The topological polar surface area (TPSA) is 38.8 Å². The first-order valence-electron chi connectivity index (χ1n) is 8.70. The maximum Gasteiger partial charge on any atom is 0.544 e. The second-order valence-electron chi connectivity index (χ2n) is 6.13. The average Bonchev–Trinajstić information content (AvgIpc) is 2.69.